The Kier molecular flexibility index (Phi) is 2.58. The van der Waals surface area contributed by atoms with Crippen molar-refractivity contribution in [3.8, 4) is 6.07 Å². The Labute approximate surface area is 95.0 Å². The third-order valence-electron chi connectivity index (χ3n) is 2.05. The fraction of sp³-hybridized carbons (Fsp3) is 0.222. The SMILES string of the molecule is CSc1nc2ncc(C#N)nc2c(=O)n1C. The van der Waals surface area contributed by atoms with Crippen LogP contribution in [0.1, 0.15) is 5.69 Å². The van der Waals surface area contributed by atoms with Gasteiger partial charge in [-0.25, -0.2) is 15.0 Å². The van der Waals surface area contributed by atoms with Gasteiger partial charge in [0.15, 0.2) is 22.0 Å². The Morgan fingerprint density at radius 2 is 2.25 bits per heavy atom. The van der Waals surface area contributed by atoms with Crippen molar-refractivity contribution < 1.29 is 0 Å². The summed E-state index contributed by atoms with van der Waals surface area (Å²) in [6, 6.07) is 1.84. The van der Waals surface area contributed by atoms with Crippen LogP contribution in [0, 0.1) is 11.3 Å². The minimum absolute atomic E-state index is 0.114. The summed E-state index contributed by atoms with van der Waals surface area (Å²) in [5, 5.41) is 9.24. The third-order valence-corrected chi connectivity index (χ3v) is 2.78. The first kappa shape index (κ1) is 10.6. The van der Waals surface area contributed by atoms with Crippen molar-refractivity contribution >= 4 is 22.9 Å². The van der Waals surface area contributed by atoms with E-state index < -0.39 is 0 Å². The Morgan fingerprint density at radius 1 is 1.50 bits per heavy atom. The lowest BCUT2D eigenvalue weighted by atomic mass is 10.4. The van der Waals surface area contributed by atoms with Gasteiger partial charge in [0.2, 0.25) is 0 Å². The van der Waals surface area contributed by atoms with E-state index in [1.165, 1.54) is 22.5 Å². The number of thioether (sulfide) groups is 1. The highest BCUT2D eigenvalue weighted by Gasteiger charge is 2.10. The second-order valence-corrected chi connectivity index (χ2v) is 3.78. The first-order valence-electron chi connectivity index (χ1n) is 4.35. The summed E-state index contributed by atoms with van der Waals surface area (Å²) < 4.78 is 1.39. The van der Waals surface area contributed by atoms with Crippen LogP contribution in [0.25, 0.3) is 11.2 Å². The summed E-state index contributed by atoms with van der Waals surface area (Å²) in [6.45, 7) is 0. The van der Waals surface area contributed by atoms with Crippen LogP contribution in [0.4, 0.5) is 0 Å². The maximum Gasteiger partial charge on any atom is 0.282 e. The van der Waals surface area contributed by atoms with Crippen LogP contribution >= 0.6 is 11.8 Å². The van der Waals surface area contributed by atoms with Crippen molar-refractivity contribution in [2.45, 2.75) is 5.16 Å². The maximum absolute atomic E-state index is 11.9. The largest absolute Gasteiger partial charge is 0.289 e. The first-order valence-corrected chi connectivity index (χ1v) is 5.57. The lowest BCUT2D eigenvalue weighted by Crippen LogP contribution is -2.21. The molecule has 0 saturated heterocycles. The van der Waals surface area contributed by atoms with Gasteiger partial charge in [-0.3, -0.25) is 9.36 Å². The zero-order valence-electron chi connectivity index (χ0n) is 8.63. The van der Waals surface area contributed by atoms with Crippen LogP contribution in [0.5, 0.6) is 0 Å². The van der Waals surface area contributed by atoms with E-state index in [1.54, 1.807) is 7.05 Å². The van der Waals surface area contributed by atoms with Gasteiger partial charge in [-0.15, -0.1) is 0 Å². The number of hydrogen-bond acceptors (Lipinski definition) is 6. The topological polar surface area (TPSA) is 84.5 Å². The van der Waals surface area contributed by atoms with Gasteiger partial charge in [-0.2, -0.15) is 5.26 Å². The van der Waals surface area contributed by atoms with Gasteiger partial charge >= 0.3 is 0 Å². The molecule has 7 heteroatoms. The van der Waals surface area contributed by atoms with Crippen molar-refractivity contribution in [3.63, 3.8) is 0 Å². The van der Waals surface area contributed by atoms with Crippen LogP contribution in [-0.4, -0.2) is 25.8 Å². The molecule has 0 N–H and O–H groups in total. The molecule has 80 valence electrons. The quantitative estimate of drug-likeness (QED) is 0.521. The minimum Gasteiger partial charge on any atom is -0.289 e. The van der Waals surface area contributed by atoms with E-state index in [0.717, 1.165) is 0 Å². The molecule has 0 bridgehead atoms. The molecule has 2 heterocycles. The second-order valence-electron chi connectivity index (χ2n) is 3.00. The van der Waals surface area contributed by atoms with Gasteiger partial charge < -0.3 is 0 Å². The van der Waals surface area contributed by atoms with Gasteiger partial charge in [-0.1, -0.05) is 11.8 Å². The average molecular weight is 233 g/mol. The van der Waals surface area contributed by atoms with E-state index in [-0.39, 0.29) is 22.4 Å². The number of hydrogen-bond donors (Lipinski definition) is 0. The molecule has 16 heavy (non-hydrogen) atoms. The minimum atomic E-state index is -0.293. The highest BCUT2D eigenvalue weighted by atomic mass is 32.2. The molecular weight excluding hydrogens is 226 g/mol. The molecule has 2 aromatic rings. The van der Waals surface area contributed by atoms with Crippen LogP contribution in [0.15, 0.2) is 16.1 Å². The van der Waals surface area contributed by atoms with Crippen LogP contribution in [-0.2, 0) is 7.05 Å². The van der Waals surface area contributed by atoms with Gasteiger partial charge in [0, 0.05) is 7.05 Å². The molecule has 0 spiro atoms. The molecule has 0 radical (unpaired) electrons. The summed E-state index contributed by atoms with van der Waals surface area (Å²) in [6.07, 6.45) is 3.13. The van der Waals surface area contributed by atoms with E-state index in [2.05, 4.69) is 15.0 Å². The Morgan fingerprint density at radius 3 is 2.88 bits per heavy atom. The molecular formula is C9H7N5OS. The van der Waals surface area contributed by atoms with Crippen LogP contribution < -0.4 is 5.56 Å². The van der Waals surface area contributed by atoms with E-state index >= 15 is 0 Å². The summed E-state index contributed by atoms with van der Waals surface area (Å²) in [7, 11) is 1.61. The fourth-order valence-corrected chi connectivity index (χ4v) is 1.79. The molecule has 2 rings (SSSR count). The lowest BCUT2D eigenvalue weighted by Gasteiger charge is -2.04. The average Bonchev–Trinajstić information content (AvgIpc) is 2.33. The summed E-state index contributed by atoms with van der Waals surface area (Å²) >= 11 is 1.35. The highest BCUT2D eigenvalue weighted by molar-refractivity contribution is 7.98. The normalized spacial score (nSPS) is 10.3. The number of rotatable bonds is 1. The molecule has 0 aliphatic heterocycles. The Balaban J connectivity index is 2.89. The molecule has 0 amide bonds. The van der Waals surface area contributed by atoms with E-state index in [0.29, 0.717) is 5.16 Å². The summed E-state index contributed by atoms with van der Waals surface area (Å²) in [5.74, 6) is 0. The molecule has 0 fully saturated rings. The predicted molar refractivity (Wildman–Crippen MR) is 59.1 cm³/mol. The molecule has 0 unspecified atom stereocenters. The molecule has 0 aliphatic carbocycles. The van der Waals surface area contributed by atoms with Crippen molar-refractivity contribution in [1.82, 2.24) is 19.5 Å². The molecule has 0 aliphatic rings. The van der Waals surface area contributed by atoms with E-state index in [4.69, 9.17) is 5.26 Å². The van der Waals surface area contributed by atoms with Crippen LogP contribution in [0.3, 0.4) is 0 Å². The zero-order chi connectivity index (χ0) is 11.7. The van der Waals surface area contributed by atoms with Gasteiger partial charge in [0.1, 0.15) is 6.07 Å². The standard InChI is InChI=1S/C9H7N5OS/c1-14-8(15)6-7(13-9(14)16-2)11-4-5(3-10)12-6/h4H,1-2H3. The molecule has 2 aromatic heterocycles. The van der Waals surface area contributed by atoms with Gasteiger partial charge in [-0.05, 0) is 6.26 Å². The Hall–Kier alpha value is -1.94. The smallest absolute Gasteiger partial charge is 0.282 e. The number of aromatic nitrogens is 4. The molecule has 0 atom stereocenters. The van der Waals surface area contributed by atoms with Crippen molar-refractivity contribution in [3.05, 3.63) is 22.2 Å². The number of nitrogens with zero attached hydrogens (tertiary/aromatic N) is 5. The molecule has 0 aromatic carbocycles. The monoisotopic (exact) mass is 233 g/mol. The number of fused-ring (bicyclic) bond motifs is 1. The predicted octanol–water partition coefficient (Wildman–Crippen LogP) is 0.317. The highest BCUT2D eigenvalue weighted by Crippen LogP contribution is 2.11. The second kappa shape index (κ2) is 3.90. The summed E-state index contributed by atoms with van der Waals surface area (Å²) in [5.41, 5.74) is 0.216. The third kappa shape index (κ3) is 1.53. The van der Waals surface area contributed by atoms with Crippen molar-refractivity contribution in [2.75, 3.05) is 6.26 Å². The first-order chi connectivity index (χ1) is 7.67. The van der Waals surface area contributed by atoms with Crippen molar-refractivity contribution in [2.24, 2.45) is 7.05 Å². The number of nitriles is 1. The fourth-order valence-electron chi connectivity index (χ4n) is 1.26. The maximum atomic E-state index is 11.9. The Bertz CT molecular complexity index is 657. The molecule has 6 nitrogen and oxygen atoms in total. The summed E-state index contributed by atoms with van der Waals surface area (Å²) in [4.78, 5) is 23.9. The van der Waals surface area contributed by atoms with Crippen molar-refractivity contribution in [1.29, 1.82) is 5.26 Å². The van der Waals surface area contributed by atoms with E-state index in [1.807, 2.05) is 12.3 Å². The van der Waals surface area contributed by atoms with Crippen LogP contribution in [0.2, 0.25) is 0 Å². The van der Waals surface area contributed by atoms with Gasteiger partial charge in [0.25, 0.3) is 5.56 Å². The van der Waals surface area contributed by atoms with E-state index in [9.17, 15) is 4.79 Å². The van der Waals surface area contributed by atoms with Gasteiger partial charge in [0.05, 0.1) is 6.20 Å². The molecule has 0 saturated carbocycles. The lowest BCUT2D eigenvalue weighted by molar-refractivity contribution is 0.721. The zero-order valence-corrected chi connectivity index (χ0v) is 9.45.